The topological polar surface area (TPSA) is 41.6 Å². The van der Waals surface area contributed by atoms with Crippen LogP contribution in [-0.4, -0.2) is 49.7 Å². The van der Waals surface area contributed by atoms with Crippen molar-refractivity contribution in [3.63, 3.8) is 0 Å². The molecular weight excluding hydrogens is 204 g/mol. The lowest BCUT2D eigenvalue weighted by Gasteiger charge is -2.45. The molecule has 2 atom stereocenters. The van der Waals surface area contributed by atoms with E-state index in [0.717, 1.165) is 18.9 Å². The third-order valence-electron chi connectivity index (χ3n) is 3.97. The second-order valence-corrected chi connectivity index (χ2v) is 4.90. The van der Waals surface area contributed by atoms with E-state index in [-0.39, 0.29) is 12.0 Å². The number of carbonyl (C=O) groups excluding carboxylic acids is 1. The average molecular weight is 226 g/mol. The van der Waals surface area contributed by atoms with E-state index in [9.17, 15) is 4.79 Å². The summed E-state index contributed by atoms with van der Waals surface area (Å²) in [6, 6.07) is 0.349. The summed E-state index contributed by atoms with van der Waals surface area (Å²) in [4.78, 5) is 14.0. The SMILES string of the molecule is CCC(NC1CN2CCC1CC2)C(=O)OC. The lowest BCUT2D eigenvalue weighted by molar-refractivity contribution is -0.143. The van der Waals surface area contributed by atoms with Gasteiger partial charge in [-0.3, -0.25) is 4.79 Å². The number of fused-ring (bicyclic) bond motifs is 3. The van der Waals surface area contributed by atoms with Gasteiger partial charge in [0.25, 0.3) is 0 Å². The van der Waals surface area contributed by atoms with E-state index in [1.54, 1.807) is 0 Å². The highest BCUT2D eigenvalue weighted by atomic mass is 16.5. The molecule has 0 spiro atoms. The number of esters is 1. The molecule has 4 heteroatoms. The molecule has 2 bridgehead atoms. The van der Waals surface area contributed by atoms with Crippen molar-refractivity contribution in [2.75, 3.05) is 26.7 Å². The highest BCUT2D eigenvalue weighted by Crippen LogP contribution is 2.27. The van der Waals surface area contributed by atoms with Gasteiger partial charge >= 0.3 is 5.97 Å². The molecule has 92 valence electrons. The number of hydrogen-bond acceptors (Lipinski definition) is 4. The van der Waals surface area contributed by atoms with Gasteiger partial charge in [0, 0.05) is 12.6 Å². The Hall–Kier alpha value is -0.610. The molecule has 3 saturated heterocycles. The third-order valence-corrected chi connectivity index (χ3v) is 3.97. The fraction of sp³-hybridized carbons (Fsp3) is 0.917. The van der Waals surface area contributed by atoms with Gasteiger partial charge in [0.2, 0.25) is 0 Å². The van der Waals surface area contributed by atoms with Crippen molar-refractivity contribution in [2.24, 2.45) is 5.92 Å². The van der Waals surface area contributed by atoms with Crippen LogP contribution in [0.5, 0.6) is 0 Å². The minimum atomic E-state index is -0.129. The van der Waals surface area contributed by atoms with Gasteiger partial charge in [-0.05, 0) is 38.3 Å². The van der Waals surface area contributed by atoms with Crippen molar-refractivity contribution < 1.29 is 9.53 Å². The first-order chi connectivity index (χ1) is 7.74. The van der Waals surface area contributed by atoms with Gasteiger partial charge in [-0.15, -0.1) is 0 Å². The molecule has 3 heterocycles. The summed E-state index contributed by atoms with van der Waals surface area (Å²) in [5, 5.41) is 3.47. The van der Waals surface area contributed by atoms with E-state index < -0.39 is 0 Å². The van der Waals surface area contributed by atoms with Crippen LogP contribution in [0.3, 0.4) is 0 Å². The molecule has 0 aromatic heterocycles. The van der Waals surface area contributed by atoms with Gasteiger partial charge in [-0.2, -0.15) is 0 Å². The molecule has 3 aliphatic heterocycles. The molecule has 2 unspecified atom stereocenters. The van der Waals surface area contributed by atoms with E-state index >= 15 is 0 Å². The van der Waals surface area contributed by atoms with Crippen molar-refractivity contribution >= 4 is 5.97 Å². The molecule has 0 aliphatic carbocycles. The van der Waals surface area contributed by atoms with Crippen LogP contribution in [0.4, 0.5) is 0 Å². The van der Waals surface area contributed by atoms with Gasteiger partial charge in [-0.1, -0.05) is 6.92 Å². The molecule has 0 amide bonds. The normalized spacial score (nSPS) is 34.8. The number of carbonyl (C=O) groups is 1. The van der Waals surface area contributed by atoms with Crippen LogP contribution >= 0.6 is 0 Å². The molecule has 3 aliphatic rings. The highest BCUT2D eigenvalue weighted by molar-refractivity contribution is 5.75. The van der Waals surface area contributed by atoms with Crippen LogP contribution < -0.4 is 5.32 Å². The van der Waals surface area contributed by atoms with Crippen LogP contribution in [0, 0.1) is 5.92 Å². The van der Waals surface area contributed by atoms with Crippen LogP contribution in [0.25, 0.3) is 0 Å². The zero-order valence-electron chi connectivity index (χ0n) is 10.2. The molecule has 0 aromatic rings. The predicted octanol–water partition coefficient (Wildman–Crippen LogP) is 0.622. The minimum Gasteiger partial charge on any atom is -0.468 e. The Morgan fingerprint density at radius 1 is 1.50 bits per heavy atom. The van der Waals surface area contributed by atoms with Crippen LogP contribution in [0.2, 0.25) is 0 Å². The lowest BCUT2D eigenvalue weighted by atomic mass is 9.83. The van der Waals surface area contributed by atoms with Gasteiger partial charge in [0.05, 0.1) is 7.11 Å². The summed E-state index contributed by atoms with van der Waals surface area (Å²) in [5.41, 5.74) is 0. The molecule has 0 saturated carbocycles. The fourth-order valence-electron chi connectivity index (χ4n) is 2.91. The fourth-order valence-corrected chi connectivity index (χ4v) is 2.91. The van der Waals surface area contributed by atoms with Crippen molar-refractivity contribution in [2.45, 2.75) is 38.3 Å². The third kappa shape index (κ3) is 2.38. The molecule has 4 nitrogen and oxygen atoms in total. The highest BCUT2D eigenvalue weighted by Gasteiger charge is 2.35. The van der Waals surface area contributed by atoms with Crippen LogP contribution in [0.1, 0.15) is 26.2 Å². The number of methoxy groups -OCH3 is 1. The van der Waals surface area contributed by atoms with Crippen molar-refractivity contribution in [1.29, 1.82) is 0 Å². The summed E-state index contributed by atoms with van der Waals surface area (Å²) in [7, 11) is 1.46. The summed E-state index contributed by atoms with van der Waals surface area (Å²) in [5.74, 6) is 0.627. The first-order valence-electron chi connectivity index (χ1n) is 6.30. The second kappa shape index (κ2) is 5.15. The van der Waals surface area contributed by atoms with Gasteiger partial charge < -0.3 is 15.0 Å². The molecule has 16 heavy (non-hydrogen) atoms. The van der Waals surface area contributed by atoms with Gasteiger partial charge in [0.15, 0.2) is 0 Å². The smallest absolute Gasteiger partial charge is 0.322 e. The van der Waals surface area contributed by atoms with Crippen molar-refractivity contribution in [1.82, 2.24) is 10.2 Å². The van der Waals surface area contributed by atoms with Crippen molar-refractivity contribution in [3.8, 4) is 0 Å². The van der Waals surface area contributed by atoms with Crippen LogP contribution in [0.15, 0.2) is 0 Å². The van der Waals surface area contributed by atoms with E-state index in [1.165, 1.54) is 33.0 Å². The van der Waals surface area contributed by atoms with Gasteiger partial charge in [0.1, 0.15) is 6.04 Å². The van der Waals surface area contributed by atoms with Crippen molar-refractivity contribution in [3.05, 3.63) is 0 Å². The lowest BCUT2D eigenvalue weighted by Crippen LogP contribution is -2.59. The maximum Gasteiger partial charge on any atom is 0.322 e. The van der Waals surface area contributed by atoms with E-state index in [1.807, 2.05) is 6.92 Å². The predicted molar refractivity (Wildman–Crippen MR) is 62.2 cm³/mol. The van der Waals surface area contributed by atoms with Crippen LogP contribution in [-0.2, 0) is 9.53 Å². The number of rotatable bonds is 4. The molecule has 3 fully saturated rings. The quantitative estimate of drug-likeness (QED) is 0.714. The summed E-state index contributed by atoms with van der Waals surface area (Å²) in [6.07, 6.45) is 3.35. The number of nitrogens with one attached hydrogen (secondary N) is 1. The minimum absolute atomic E-state index is 0.126. The number of hydrogen-bond donors (Lipinski definition) is 1. The second-order valence-electron chi connectivity index (χ2n) is 4.90. The summed E-state index contributed by atoms with van der Waals surface area (Å²) in [6.45, 7) is 5.59. The Labute approximate surface area is 97.3 Å². The standard InChI is InChI=1S/C12H22N2O2/c1-3-10(12(15)16-2)13-11-8-14-6-4-9(11)5-7-14/h9-11,13H,3-8H2,1-2H3. The monoisotopic (exact) mass is 226 g/mol. The first kappa shape index (κ1) is 11.9. The van der Waals surface area contributed by atoms with E-state index in [2.05, 4.69) is 10.2 Å². The van der Waals surface area contributed by atoms with Gasteiger partial charge in [-0.25, -0.2) is 0 Å². The molecular formula is C12H22N2O2. The Morgan fingerprint density at radius 3 is 2.62 bits per heavy atom. The first-order valence-corrected chi connectivity index (χ1v) is 6.30. The zero-order valence-corrected chi connectivity index (χ0v) is 10.2. The Bertz CT molecular complexity index is 249. The Morgan fingerprint density at radius 2 is 2.19 bits per heavy atom. The largest absolute Gasteiger partial charge is 0.468 e. The Balaban J connectivity index is 1.90. The maximum absolute atomic E-state index is 11.5. The number of nitrogens with zero attached hydrogens (tertiary/aromatic N) is 1. The molecule has 0 aromatic carbocycles. The molecule has 0 radical (unpaired) electrons. The number of piperidine rings is 3. The molecule has 1 N–H and O–H groups in total. The Kier molecular flexibility index (Phi) is 3.82. The zero-order chi connectivity index (χ0) is 11.5. The summed E-state index contributed by atoms with van der Waals surface area (Å²) >= 11 is 0. The van der Waals surface area contributed by atoms with E-state index in [0.29, 0.717) is 6.04 Å². The maximum atomic E-state index is 11.5. The summed E-state index contributed by atoms with van der Waals surface area (Å²) < 4.78 is 4.81. The van der Waals surface area contributed by atoms with E-state index in [4.69, 9.17) is 4.74 Å². The average Bonchev–Trinajstić information content (AvgIpc) is 2.36. The molecule has 3 rings (SSSR count). The number of ether oxygens (including phenoxy) is 1.